The maximum absolute atomic E-state index is 13.6. The second-order valence-corrected chi connectivity index (χ2v) is 4.32. The van der Waals surface area contributed by atoms with Crippen molar-refractivity contribution >= 4 is 17.3 Å². The van der Waals surface area contributed by atoms with E-state index >= 15 is 0 Å². The molecule has 0 radical (unpaired) electrons. The summed E-state index contributed by atoms with van der Waals surface area (Å²) < 4.78 is 19.0. The predicted octanol–water partition coefficient (Wildman–Crippen LogP) is 4.55. The molecule has 0 fully saturated rings. The van der Waals surface area contributed by atoms with Crippen molar-refractivity contribution in [1.29, 1.82) is 0 Å². The quantitative estimate of drug-likeness (QED) is 0.868. The SMILES string of the molecule is Cc1ccc(C(C)Nc2c(F)cccc2Cl)o1. The van der Waals surface area contributed by atoms with Gasteiger partial charge in [-0.05, 0) is 38.1 Å². The van der Waals surface area contributed by atoms with E-state index in [0.29, 0.717) is 10.7 Å². The molecule has 1 aromatic heterocycles. The van der Waals surface area contributed by atoms with Gasteiger partial charge in [0, 0.05) is 0 Å². The number of rotatable bonds is 3. The molecular formula is C13H13ClFNO. The Morgan fingerprint density at radius 3 is 2.65 bits per heavy atom. The third-order valence-corrected chi connectivity index (χ3v) is 2.83. The van der Waals surface area contributed by atoms with Gasteiger partial charge in [-0.3, -0.25) is 0 Å². The van der Waals surface area contributed by atoms with Crippen LogP contribution in [-0.2, 0) is 0 Å². The van der Waals surface area contributed by atoms with Crippen molar-refractivity contribution in [1.82, 2.24) is 0 Å². The molecular weight excluding hydrogens is 241 g/mol. The summed E-state index contributed by atoms with van der Waals surface area (Å²) >= 11 is 5.93. The van der Waals surface area contributed by atoms with Crippen molar-refractivity contribution in [2.75, 3.05) is 5.32 Å². The van der Waals surface area contributed by atoms with Crippen LogP contribution in [0.1, 0.15) is 24.5 Å². The fraction of sp³-hybridized carbons (Fsp3) is 0.231. The van der Waals surface area contributed by atoms with Gasteiger partial charge in [-0.25, -0.2) is 4.39 Å². The van der Waals surface area contributed by atoms with Crippen LogP contribution in [0.25, 0.3) is 0 Å². The van der Waals surface area contributed by atoms with Crippen LogP contribution in [0.15, 0.2) is 34.7 Å². The van der Waals surface area contributed by atoms with Crippen LogP contribution in [0, 0.1) is 12.7 Å². The summed E-state index contributed by atoms with van der Waals surface area (Å²) in [6.07, 6.45) is 0. The minimum absolute atomic E-state index is 0.141. The van der Waals surface area contributed by atoms with E-state index in [9.17, 15) is 4.39 Å². The van der Waals surface area contributed by atoms with Crippen LogP contribution in [0.2, 0.25) is 5.02 Å². The van der Waals surface area contributed by atoms with Gasteiger partial charge in [-0.15, -0.1) is 0 Å². The topological polar surface area (TPSA) is 25.2 Å². The first kappa shape index (κ1) is 12.0. The van der Waals surface area contributed by atoms with Crippen LogP contribution >= 0.6 is 11.6 Å². The molecule has 1 aromatic carbocycles. The molecule has 1 N–H and O–H groups in total. The van der Waals surface area contributed by atoms with Gasteiger partial charge in [0.25, 0.3) is 0 Å². The average Bonchev–Trinajstić information content (AvgIpc) is 2.70. The molecule has 17 heavy (non-hydrogen) atoms. The lowest BCUT2D eigenvalue weighted by Gasteiger charge is -2.14. The number of nitrogens with one attached hydrogen (secondary N) is 1. The Bertz CT molecular complexity index is 504. The molecule has 1 unspecified atom stereocenters. The highest BCUT2D eigenvalue weighted by atomic mass is 35.5. The van der Waals surface area contributed by atoms with Crippen molar-refractivity contribution < 1.29 is 8.81 Å². The molecule has 0 spiro atoms. The first-order valence-corrected chi connectivity index (χ1v) is 5.72. The van der Waals surface area contributed by atoms with Gasteiger partial charge in [0.1, 0.15) is 17.3 Å². The standard InChI is InChI=1S/C13H13ClFNO/c1-8-6-7-12(17-8)9(2)16-13-10(14)4-3-5-11(13)15/h3-7,9,16H,1-2H3. The Kier molecular flexibility index (Phi) is 3.38. The first-order chi connectivity index (χ1) is 8.08. The van der Waals surface area contributed by atoms with Crippen molar-refractivity contribution in [3.8, 4) is 0 Å². The Morgan fingerprint density at radius 2 is 2.06 bits per heavy atom. The van der Waals surface area contributed by atoms with E-state index in [4.69, 9.17) is 16.0 Å². The van der Waals surface area contributed by atoms with Crippen LogP contribution in [-0.4, -0.2) is 0 Å². The summed E-state index contributed by atoms with van der Waals surface area (Å²) in [7, 11) is 0. The van der Waals surface area contributed by atoms with Gasteiger partial charge in [0.15, 0.2) is 0 Å². The largest absolute Gasteiger partial charge is 0.464 e. The van der Waals surface area contributed by atoms with Gasteiger partial charge < -0.3 is 9.73 Å². The van der Waals surface area contributed by atoms with E-state index < -0.39 is 0 Å². The van der Waals surface area contributed by atoms with Crippen molar-refractivity contribution in [2.45, 2.75) is 19.9 Å². The maximum atomic E-state index is 13.6. The van der Waals surface area contributed by atoms with Crippen molar-refractivity contribution in [3.05, 3.63) is 52.7 Å². The highest BCUT2D eigenvalue weighted by Crippen LogP contribution is 2.29. The molecule has 2 rings (SSSR count). The van der Waals surface area contributed by atoms with Crippen molar-refractivity contribution in [3.63, 3.8) is 0 Å². The smallest absolute Gasteiger partial charge is 0.147 e. The molecule has 0 bridgehead atoms. The van der Waals surface area contributed by atoms with E-state index in [1.54, 1.807) is 12.1 Å². The lowest BCUT2D eigenvalue weighted by Crippen LogP contribution is -2.07. The van der Waals surface area contributed by atoms with Crippen LogP contribution < -0.4 is 5.32 Å². The number of hydrogen-bond acceptors (Lipinski definition) is 2. The molecule has 0 aliphatic heterocycles. The summed E-state index contributed by atoms with van der Waals surface area (Å²) in [5.74, 6) is 1.21. The Morgan fingerprint density at radius 1 is 1.29 bits per heavy atom. The molecule has 2 nitrogen and oxygen atoms in total. The van der Waals surface area contributed by atoms with Crippen LogP contribution in [0.4, 0.5) is 10.1 Å². The maximum Gasteiger partial charge on any atom is 0.147 e. The average molecular weight is 254 g/mol. The Balaban J connectivity index is 2.21. The third-order valence-electron chi connectivity index (χ3n) is 2.51. The van der Waals surface area contributed by atoms with Gasteiger partial charge in [0.2, 0.25) is 0 Å². The molecule has 2 aromatic rings. The Labute approximate surface area is 104 Å². The number of anilines is 1. The number of halogens is 2. The molecule has 0 amide bonds. The van der Waals surface area contributed by atoms with Gasteiger partial charge in [-0.2, -0.15) is 0 Å². The predicted molar refractivity (Wildman–Crippen MR) is 66.9 cm³/mol. The molecule has 90 valence electrons. The molecule has 0 aliphatic rings. The minimum atomic E-state index is -0.368. The summed E-state index contributed by atoms with van der Waals surface area (Å²) in [6.45, 7) is 3.76. The van der Waals surface area contributed by atoms with Gasteiger partial charge in [0.05, 0.1) is 16.8 Å². The minimum Gasteiger partial charge on any atom is -0.464 e. The lowest BCUT2D eigenvalue weighted by atomic mass is 10.2. The second-order valence-electron chi connectivity index (χ2n) is 3.91. The van der Waals surface area contributed by atoms with E-state index in [0.717, 1.165) is 11.5 Å². The van der Waals surface area contributed by atoms with E-state index in [-0.39, 0.29) is 11.9 Å². The van der Waals surface area contributed by atoms with E-state index in [1.807, 2.05) is 26.0 Å². The molecule has 4 heteroatoms. The molecule has 1 heterocycles. The van der Waals surface area contributed by atoms with Crippen LogP contribution in [0.3, 0.4) is 0 Å². The fourth-order valence-corrected chi connectivity index (χ4v) is 1.83. The zero-order chi connectivity index (χ0) is 12.4. The third kappa shape index (κ3) is 2.61. The number of hydrogen-bond donors (Lipinski definition) is 1. The van der Waals surface area contributed by atoms with Gasteiger partial charge >= 0.3 is 0 Å². The highest BCUT2D eigenvalue weighted by molar-refractivity contribution is 6.33. The Hall–Kier alpha value is -1.48. The van der Waals surface area contributed by atoms with E-state index in [1.165, 1.54) is 6.07 Å². The summed E-state index contributed by atoms with van der Waals surface area (Å²) in [5.41, 5.74) is 0.302. The molecule has 0 saturated heterocycles. The summed E-state index contributed by atoms with van der Waals surface area (Å²) in [6, 6.07) is 8.18. The number of aryl methyl sites for hydroxylation is 1. The molecule has 1 atom stereocenters. The van der Waals surface area contributed by atoms with E-state index in [2.05, 4.69) is 5.32 Å². The summed E-state index contributed by atoms with van der Waals surface area (Å²) in [5, 5.41) is 3.37. The second kappa shape index (κ2) is 4.80. The molecule has 0 aliphatic carbocycles. The summed E-state index contributed by atoms with van der Waals surface area (Å²) in [4.78, 5) is 0. The normalized spacial score (nSPS) is 12.5. The zero-order valence-electron chi connectivity index (χ0n) is 9.63. The zero-order valence-corrected chi connectivity index (χ0v) is 10.4. The lowest BCUT2D eigenvalue weighted by molar-refractivity contribution is 0.466. The monoisotopic (exact) mass is 253 g/mol. The number of benzene rings is 1. The van der Waals surface area contributed by atoms with Gasteiger partial charge in [-0.1, -0.05) is 17.7 Å². The number of furan rings is 1. The van der Waals surface area contributed by atoms with Crippen molar-refractivity contribution in [2.24, 2.45) is 0 Å². The van der Waals surface area contributed by atoms with Crippen LogP contribution in [0.5, 0.6) is 0 Å². The fourth-order valence-electron chi connectivity index (χ4n) is 1.61. The molecule has 0 saturated carbocycles. The first-order valence-electron chi connectivity index (χ1n) is 5.35. The highest BCUT2D eigenvalue weighted by Gasteiger charge is 2.13. The number of para-hydroxylation sites is 1.